The molecule has 2 rings (SSSR count). The number of pyridine rings is 1. The zero-order valence-electron chi connectivity index (χ0n) is 9.76. The first-order valence-electron chi connectivity index (χ1n) is 5.82. The zero-order chi connectivity index (χ0) is 13.0. The van der Waals surface area contributed by atoms with Crippen molar-refractivity contribution in [2.24, 2.45) is 0 Å². The molecule has 0 spiro atoms. The molecule has 1 aromatic rings. The topological polar surface area (TPSA) is 77.3 Å². The van der Waals surface area contributed by atoms with Gasteiger partial charge in [0, 0.05) is 12.2 Å². The van der Waals surface area contributed by atoms with Gasteiger partial charge in [0.25, 0.3) is 0 Å². The largest absolute Gasteiger partial charge is 0.484 e. The summed E-state index contributed by atoms with van der Waals surface area (Å²) in [7, 11) is 0. The van der Waals surface area contributed by atoms with Crippen molar-refractivity contribution in [1.29, 1.82) is 0 Å². The molecular formula is C11H14BrN3O3. The number of nitrogens with one attached hydrogen (secondary N) is 1. The number of piperidine rings is 1. The van der Waals surface area contributed by atoms with Crippen LogP contribution in [0.15, 0.2) is 16.9 Å². The first-order chi connectivity index (χ1) is 8.68. The van der Waals surface area contributed by atoms with E-state index in [0.717, 1.165) is 13.0 Å². The van der Waals surface area contributed by atoms with Crippen molar-refractivity contribution < 1.29 is 9.66 Å². The lowest BCUT2D eigenvalue weighted by Gasteiger charge is -2.23. The lowest BCUT2D eigenvalue weighted by molar-refractivity contribution is -0.386. The number of rotatable bonds is 4. The Labute approximate surface area is 113 Å². The summed E-state index contributed by atoms with van der Waals surface area (Å²) >= 11 is 3.23. The van der Waals surface area contributed by atoms with Crippen LogP contribution in [-0.4, -0.2) is 29.1 Å². The molecule has 0 aromatic carbocycles. The normalized spacial score (nSPS) is 19.5. The third kappa shape index (κ3) is 3.17. The Bertz CT molecular complexity index is 436. The molecule has 1 fully saturated rings. The summed E-state index contributed by atoms with van der Waals surface area (Å²) in [4.78, 5) is 14.2. The molecule has 98 valence electrons. The highest BCUT2D eigenvalue weighted by Crippen LogP contribution is 2.33. The van der Waals surface area contributed by atoms with E-state index >= 15 is 0 Å². The maximum atomic E-state index is 10.9. The van der Waals surface area contributed by atoms with E-state index in [9.17, 15) is 10.1 Å². The van der Waals surface area contributed by atoms with Gasteiger partial charge in [-0.3, -0.25) is 15.1 Å². The number of nitro groups is 1. The minimum atomic E-state index is -0.485. The standard InChI is InChI=1S/C11H14BrN3O3/c12-9-5-13-6-10(15(16)17)11(9)18-7-8-3-1-2-4-14-8/h5-6,8,14H,1-4,7H2. The van der Waals surface area contributed by atoms with Gasteiger partial charge in [-0.05, 0) is 35.3 Å². The van der Waals surface area contributed by atoms with Gasteiger partial charge < -0.3 is 10.1 Å². The van der Waals surface area contributed by atoms with Crippen molar-refractivity contribution in [2.45, 2.75) is 25.3 Å². The van der Waals surface area contributed by atoms with Gasteiger partial charge in [0.1, 0.15) is 12.8 Å². The van der Waals surface area contributed by atoms with Crippen molar-refractivity contribution in [3.05, 3.63) is 27.0 Å². The number of hydrogen-bond donors (Lipinski definition) is 1. The van der Waals surface area contributed by atoms with Crippen LogP contribution in [0.2, 0.25) is 0 Å². The van der Waals surface area contributed by atoms with Crippen LogP contribution in [-0.2, 0) is 0 Å². The van der Waals surface area contributed by atoms with Crippen LogP contribution in [0.5, 0.6) is 5.75 Å². The van der Waals surface area contributed by atoms with Crippen molar-refractivity contribution in [3.63, 3.8) is 0 Å². The van der Waals surface area contributed by atoms with E-state index < -0.39 is 4.92 Å². The zero-order valence-corrected chi connectivity index (χ0v) is 11.4. The third-order valence-corrected chi connectivity index (χ3v) is 3.44. The minimum absolute atomic E-state index is 0.111. The molecule has 7 heteroatoms. The highest BCUT2D eigenvalue weighted by atomic mass is 79.9. The lowest BCUT2D eigenvalue weighted by atomic mass is 10.1. The molecule has 0 amide bonds. The molecule has 0 radical (unpaired) electrons. The highest BCUT2D eigenvalue weighted by molar-refractivity contribution is 9.10. The average molecular weight is 316 g/mol. The summed E-state index contributed by atoms with van der Waals surface area (Å²) in [6, 6.07) is 0.262. The third-order valence-electron chi connectivity index (χ3n) is 2.87. The lowest BCUT2D eigenvalue weighted by Crippen LogP contribution is -2.38. The van der Waals surface area contributed by atoms with Gasteiger partial charge in [-0.15, -0.1) is 0 Å². The molecule has 1 aliphatic heterocycles. The predicted molar refractivity (Wildman–Crippen MR) is 69.7 cm³/mol. The quantitative estimate of drug-likeness (QED) is 0.681. The van der Waals surface area contributed by atoms with Crippen LogP contribution in [0.25, 0.3) is 0 Å². The summed E-state index contributed by atoms with van der Waals surface area (Å²) in [5, 5.41) is 14.2. The number of nitrogens with zero attached hydrogens (tertiary/aromatic N) is 2. The molecule has 0 aliphatic carbocycles. The molecule has 6 nitrogen and oxygen atoms in total. The van der Waals surface area contributed by atoms with Gasteiger partial charge in [0.2, 0.25) is 5.75 Å². The van der Waals surface area contributed by atoms with E-state index in [1.165, 1.54) is 25.2 Å². The maximum absolute atomic E-state index is 10.9. The molecule has 1 aliphatic rings. The second-order valence-electron chi connectivity index (χ2n) is 4.18. The molecule has 1 atom stereocenters. The molecular weight excluding hydrogens is 302 g/mol. The summed E-state index contributed by atoms with van der Waals surface area (Å²) in [6.07, 6.45) is 6.08. The van der Waals surface area contributed by atoms with Gasteiger partial charge in [-0.25, -0.2) is 0 Å². The Morgan fingerprint density at radius 1 is 1.56 bits per heavy atom. The van der Waals surface area contributed by atoms with Crippen molar-refractivity contribution >= 4 is 21.6 Å². The van der Waals surface area contributed by atoms with Crippen LogP contribution >= 0.6 is 15.9 Å². The maximum Gasteiger partial charge on any atom is 0.330 e. The van der Waals surface area contributed by atoms with Crippen LogP contribution < -0.4 is 10.1 Å². The molecule has 0 saturated carbocycles. The smallest absolute Gasteiger partial charge is 0.330 e. The van der Waals surface area contributed by atoms with E-state index in [4.69, 9.17) is 4.74 Å². The molecule has 2 heterocycles. The molecule has 0 bridgehead atoms. The van der Waals surface area contributed by atoms with Crippen LogP contribution in [0.3, 0.4) is 0 Å². The summed E-state index contributed by atoms with van der Waals surface area (Å²) in [6.45, 7) is 1.41. The van der Waals surface area contributed by atoms with Crippen molar-refractivity contribution in [1.82, 2.24) is 10.3 Å². The SMILES string of the molecule is O=[N+]([O-])c1cncc(Br)c1OCC1CCCCN1. The number of ether oxygens (including phenoxy) is 1. The van der Waals surface area contributed by atoms with Crippen LogP contribution in [0.4, 0.5) is 5.69 Å². The highest BCUT2D eigenvalue weighted by Gasteiger charge is 2.21. The van der Waals surface area contributed by atoms with Gasteiger partial charge in [-0.2, -0.15) is 0 Å². The van der Waals surface area contributed by atoms with Crippen LogP contribution in [0.1, 0.15) is 19.3 Å². The number of halogens is 1. The summed E-state index contributed by atoms with van der Waals surface area (Å²) < 4.78 is 6.08. The molecule has 18 heavy (non-hydrogen) atoms. The second kappa shape index (κ2) is 6.10. The summed E-state index contributed by atoms with van der Waals surface area (Å²) in [5.41, 5.74) is -0.111. The Hall–Kier alpha value is -1.21. The first kappa shape index (κ1) is 13.2. The Morgan fingerprint density at radius 2 is 2.39 bits per heavy atom. The summed E-state index contributed by atoms with van der Waals surface area (Å²) in [5.74, 6) is 0.252. The Morgan fingerprint density at radius 3 is 3.06 bits per heavy atom. The first-order valence-corrected chi connectivity index (χ1v) is 6.62. The van der Waals surface area contributed by atoms with E-state index in [2.05, 4.69) is 26.2 Å². The second-order valence-corrected chi connectivity index (χ2v) is 5.04. The number of hydrogen-bond acceptors (Lipinski definition) is 5. The number of aromatic nitrogens is 1. The molecule has 1 unspecified atom stereocenters. The minimum Gasteiger partial charge on any atom is -0.484 e. The van der Waals surface area contributed by atoms with E-state index in [1.807, 2.05) is 0 Å². The predicted octanol–water partition coefficient (Wildman–Crippen LogP) is 2.27. The average Bonchev–Trinajstić information content (AvgIpc) is 2.38. The van der Waals surface area contributed by atoms with Gasteiger partial charge in [0.15, 0.2) is 0 Å². The van der Waals surface area contributed by atoms with E-state index in [0.29, 0.717) is 11.1 Å². The van der Waals surface area contributed by atoms with E-state index in [-0.39, 0.29) is 17.5 Å². The fourth-order valence-corrected chi connectivity index (χ4v) is 2.37. The molecule has 1 N–H and O–H groups in total. The Balaban J connectivity index is 2.05. The monoisotopic (exact) mass is 315 g/mol. The van der Waals surface area contributed by atoms with Gasteiger partial charge in [-0.1, -0.05) is 6.42 Å². The fourth-order valence-electron chi connectivity index (χ4n) is 1.94. The van der Waals surface area contributed by atoms with Crippen molar-refractivity contribution in [2.75, 3.05) is 13.2 Å². The molecule has 1 saturated heterocycles. The molecule has 1 aromatic heterocycles. The van der Waals surface area contributed by atoms with Crippen LogP contribution in [0, 0.1) is 10.1 Å². The fraction of sp³-hybridized carbons (Fsp3) is 0.545. The van der Waals surface area contributed by atoms with Gasteiger partial charge >= 0.3 is 5.69 Å². The van der Waals surface area contributed by atoms with Gasteiger partial charge in [0.05, 0.1) is 9.40 Å². The Kier molecular flexibility index (Phi) is 4.48. The van der Waals surface area contributed by atoms with E-state index in [1.54, 1.807) is 0 Å². The van der Waals surface area contributed by atoms with Crippen molar-refractivity contribution in [3.8, 4) is 5.75 Å².